The van der Waals surface area contributed by atoms with Crippen LogP contribution in [0.3, 0.4) is 0 Å². The Balaban J connectivity index is 2.34. The average molecular weight is 266 g/mol. The fourth-order valence-corrected chi connectivity index (χ4v) is 2.48. The maximum Gasteiger partial charge on any atom is 0.127 e. The van der Waals surface area contributed by atoms with Crippen molar-refractivity contribution in [1.29, 1.82) is 0 Å². The van der Waals surface area contributed by atoms with Crippen LogP contribution in [0, 0.1) is 0 Å². The van der Waals surface area contributed by atoms with E-state index in [-0.39, 0.29) is 6.04 Å². The number of aromatic nitrogens is 2. The van der Waals surface area contributed by atoms with Crippen molar-refractivity contribution in [2.24, 2.45) is 5.84 Å². The standard InChI is InChI=1S/C15H30N4/c1-3-5-6-7-8-9-10-14(18-16)15-17-11-13-19(15)12-4-2/h11,13-14,18H,3-10,12,16H2,1-2H3. The Hall–Kier alpha value is -0.870. The molecular weight excluding hydrogens is 236 g/mol. The molecule has 0 bridgehead atoms. The number of hydrogen-bond acceptors (Lipinski definition) is 3. The van der Waals surface area contributed by atoms with Crippen LogP contribution in [0.4, 0.5) is 0 Å². The van der Waals surface area contributed by atoms with Crippen LogP contribution in [-0.4, -0.2) is 9.55 Å². The van der Waals surface area contributed by atoms with Gasteiger partial charge >= 0.3 is 0 Å². The third-order valence-electron chi connectivity index (χ3n) is 3.57. The minimum Gasteiger partial charge on any atom is -0.334 e. The Morgan fingerprint density at radius 1 is 1.16 bits per heavy atom. The lowest BCUT2D eigenvalue weighted by atomic mass is 10.1. The quantitative estimate of drug-likeness (QED) is 0.366. The zero-order valence-electron chi connectivity index (χ0n) is 12.6. The van der Waals surface area contributed by atoms with Gasteiger partial charge in [0, 0.05) is 18.9 Å². The second-order valence-corrected chi connectivity index (χ2v) is 5.25. The van der Waals surface area contributed by atoms with Crippen LogP contribution in [0.5, 0.6) is 0 Å². The van der Waals surface area contributed by atoms with Crippen LogP contribution in [0.25, 0.3) is 0 Å². The van der Waals surface area contributed by atoms with E-state index in [0.29, 0.717) is 0 Å². The van der Waals surface area contributed by atoms with Gasteiger partial charge in [-0.3, -0.25) is 5.84 Å². The summed E-state index contributed by atoms with van der Waals surface area (Å²) < 4.78 is 2.21. The summed E-state index contributed by atoms with van der Waals surface area (Å²) in [6.45, 7) is 5.45. The summed E-state index contributed by atoms with van der Waals surface area (Å²) in [5.41, 5.74) is 2.92. The van der Waals surface area contributed by atoms with Crippen molar-refractivity contribution >= 4 is 0 Å². The number of rotatable bonds is 11. The zero-order chi connectivity index (χ0) is 13.9. The first-order chi connectivity index (χ1) is 9.33. The monoisotopic (exact) mass is 266 g/mol. The van der Waals surface area contributed by atoms with E-state index in [4.69, 9.17) is 5.84 Å². The van der Waals surface area contributed by atoms with Crippen LogP contribution < -0.4 is 11.3 Å². The Morgan fingerprint density at radius 3 is 2.58 bits per heavy atom. The zero-order valence-corrected chi connectivity index (χ0v) is 12.6. The molecule has 1 unspecified atom stereocenters. The van der Waals surface area contributed by atoms with Crippen molar-refractivity contribution in [3.05, 3.63) is 18.2 Å². The summed E-state index contributed by atoms with van der Waals surface area (Å²) in [4.78, 5) is 4.45. The molecule has 0 spiro atoms. The largest absolute Gasteiger partial charge is 0.334 e. The lowest BCUT2D eigenvalue weighted by Crippen LogP contribution is -2.30. The van der Waals surface area contributed by atoms with E-state index in [1.54, 1.807) is 0 Å². The number of aryl methyl sites for hydroxylation is 1. The summed E-state index contributed by atoms with van der Waals surface area (Å²) in [6, 6.07) is 0.188. The Labute approximate surface area is 117 Å². The molecule has 1 heterocycles. The molecule has 0 radical (unpaired) electrons. The molecular formula is C15H30N4. The van der Waals surface area contributed by atoms with Gasteiger partial charge in [-0.05, 0) is 12.8 Å². The molecule has 1 atom stereocenters. The number of nitrogens with two attached hydrogens (primary N) is 1. The third kappa shape index (κ3) is 5.74. The van der Waals surface area contributed by atoms with Gasteiger partial charge in [-0.25, -0.2) is 10.4 Å². The summed E-state index contributed by atoms with van der Waals surface area (Å²) in [7, 11) is 0. The predicted molar refractivity (Wildman–Crippen MR) is 80.6 cm³/mol. The molecule has 0 aliphatic heterocycles. The number of nitrogens with one attached hydrogen (secondary N) is 1. The Bertz CT molecular complexity index is 322. The lowest BCUT2D eigenvalue weighted by Gasteiger charge is -2.17. The van der Waals surface area contributed by atoms with E-state index in [2.05, 4.69) is 28.8 Å². The van der Waals surface area contributed by atoms with E-state index in [0.717, 1.165) is 25.2 Å². The summed E-state index contributed by atoms with van der Waals surface area (Å²) in [5, 5.41) is 0. The number of hydrazine groups is 1. The summed E-state index contributed by atoms with van der Waals surface area (Å²) in [6.07, 6.45) is 14.0. The molecule has 19 heavy (non-hydrogen) atoms. The number of hydrogen-bond donors (Lipinski definition) is 2. The molecule has 110 valence electrons. The normalized spacial score (nSPS) is 12.8. The Kier molecular flexibility index (Phi) is 8.50. The molecule has 0 aromatic carbocycles. The fourth-order valence-electron chi connectivity index (χ4n) is 2.48. The first-order valence-electron chi connectivity index (χ1n) is 7.80. The van der Waals surface area contributed by atoms with Gasteiger partial charge in [0.2, 0.25) is 0 Å². The molecule has 3 N–H and O–H groups in total. The van der Waals surface area contributed by atoms with E-state index < -0.39 is 0 Å². The first-order valence-corrected chi connectivity index (χ1v) is 7.80. The molecule has 0 aliphatic rings. The first kappa shape index (κ1) is 16.2. The van der Waals surface area contributed by atoms with Crippen LogP contribution in [0.2, 0.25) is 0 Å². The van der Waals surface area contributed by atoms with Crippen molar-refractivity contribution in [1.82, 2.24) is 15.0 Å². The molecule has 1 aromatic rings. The van der Waals surface area contributed by atoms with E-state index in [1.165, 1.54) is 38.5 Å². The molecule has 0 aliphatic carbocycles. The van der Waals surface area contributed by atoms with Gasteiger partial charge in [-0.2, -0.15) is 0 Å². The molecule has 0 amide bonds. The molecule has 1 aromatic heterocycles. The smallest absolute Gasteiger partial charge is 0.127 e. The van der Waals surface area contributed by atoms with Crippen LogP contribution >= 0.6 is 0 Å². The second-order valence-electron chi connectivity index (χ2n) is 5.25. The second kappa shape index (κ2) is 9.98. The van der Waals surface area contributed by atoms with Crippen LogP contribution in [-0.2, 0) is 6.54 Å². The van der Waals surface area contributed by atoms with Crippen LogP contribution in [0.15, 0.2) is 12.4 Å². The summed E-state index contributed by atoms with van der Waals surface area (Å²) in [5.74, 6) is 6.77. The average Bonchev–Trinajstić information content (AvgIpc) is 2.87. The maximum absolute atomic E-state index is 5.69. The Morgan fingerprint density at radius 2 is 1.89 bits per heavy atom. The van der Waals surface area contributed by atoms with Gasteiger partial charge in [0.05, 0.1) is 6.04 Å². The number of unbranched alkanes of at least 4 members (excludes halogenated alkanes) is 5. The van der Waals surface area contributed by atoms with Gasteiger partial charge in [0.25, 0.3) is 0 Å². The van der Waals surface area contributed by atoms with Crippen molar-refractivity contribution in [3.8, 4) is 0 Å². The van der Waals surface area contributed by atoms with Crippen molar-refractivity contribution in [3.63, 3.8) is 0 Å². The topological polar surface area (TPSA) is 55.9 Å². The SMILES string of the molecule is CCCCCCCCC(NN)c1nccn1CCC. The lowest BCUT2D eigenvalue weighted by molar-refractivity contribution is 0.439. The number of nitrogens with zero attached hydrogens (tertiary/aromatic N) is 2. The van der Waals surface area contributed by atoms with E-state index in [1.807, 2.05) is 12.4 Å². The summed E-state index contributed by atoms with van der Waals surface area (Å²) >= 11 is 0. The predicted octanol–water partition coefficient (Wildman–Crippen LogP) is 3.55. The minimum atomic E-state index is 0.188. The fraction of sp³-hybridized carbons (Fsp3) is 0.800. The maximum atomic E-state index is 5.69. The number of imidazole rings is 1. The van der Waals surface area contributed by atoms with E-state index >= 15 is 0 Å². The van der Waals surface area contributed by atoms with E-state index in [9.17, 15) is 0 Å². The van der Waals surface area contributed by atoms with Crippen molar-refractivity contribution in [2.75, 3.05) is 0 Å². The minimum absolute atomic E-state index is 0.188. The van der Waals surface area contributed by atoms with Gasteiger partial charge in [-0.15, -0.1) is 0 Å². The van der Waals surface area contributed by atoms with Gasteiger partial charge in [0.15, 0.2) is 0 Å². The van der Waals surface area contributed by atoms with Gasteiger partial charge in [-0.1, -0.05) is 52.4 Å². The molecule has 0 saturated heterocycles. The van der Waals surface area contributed by atoms with Crippen LogP contribution in [0.1, 0.15) is 77.1 Å². The molecule has 4 nitrogen and oxygen atoms in total. The highest BCUT2D eigenvalue weighted by molar-refractivity contribution is 4.99. The highest BCUT2D eigenvalue weighted by atomic mass is 15.3. The van der Waals surface area contributed by atoms with Gasteiger partial charge in [0.1, 0.15) is 5.82 Å². The third-order valence-corrected chi connectivity index (χ3v) is 3.57. The highest BCUT2D eigenvalue weighted by Crippen LogP contribution is 2.18. The molecule has 0 saturated carbocycles. The molecule has 4 heteroatoms. The van der Waals surface area contributed by atoms with Gasteiger partial charge < -0.3 is 4.57 Å². The molecule has 1 rings (SSSR count). The molecule has 0 fully saturated rings. The van der Waals surface area contributed by atoms with Crippen molar-refractivity contribution in [2.45, 2.75) is 77.8 Å². The van der Waals surface area contributed by atoms with Crippen molar-refractivity contribution < 1.29 is 0 Å². The highest BCUT2D eigenvalue weighted by Gasteiger charge is 2.14.